The van der Waals surface area contributed by atoms with Gasteiger partial charge in [-0.15, -0.1) is 5.10 Å². The number of aliphatic hydroxyl groups excluding tert-OH is 1. The molecule has 0 spiro atoms. The summed E-state index contributed by atoms with van der Waals surface area (Å²) in [5.41, 5.74) is 0.803. The zero-order valence-corrected chi connectivity index (χ0v) is 11.1. The van der Waals surface area contributed by atoms with Crippen LogP contribution < -0.4 is 15.8 Å². The Bertz CT molecular complexity index is 593. The van der Waals surface area contributed by atoms with Gasteiger partial charge in [-0.25, -0.2) is 9.89 Å². The van der Waals surface area contributed by atoms with E-state index in [9.17, 15) is 9.90 Å². The van der Waals surface area contributed by atoms with Gasteiger partial charge in [0.1, 0.15) is 5.75 Å². The Kier molecular flexibility index (Phi) is 4.78. The summed E-state index contributed by atoms with van der Waals surface area (Å²) in [6.07, 6.45) is -0.571. The van der Waals surface area contributed by atoms with Crippen LogP contribution in [0.4, 0.5) is 5.69 Å². The molecule has 0 aliphatic heterocycles. The average molecular weight is 279 g/mol. The first-order valence-corrected chi connectivity index (χ1v) is 6.37. The van der Waals surface area contributed by atoms with E-state index in [1.54, 1.807) is 0 Å². The highest BCUT2D eigenvalue weighted by Crippen LogP contribution is 2.23. The minimum Gasteiger partial charge on any atom is -0.492 e. The zero-order chi connectivity index (χ0) is 14.4. The summed E-state index contributed by atoms with van der Waals surface area (Å²) >= 11 is 0. The number of nitrogens with zero attached hydrogens (tertiary/aromatic N) is 1. The number of hydrogen-bond donors (Lipinski definition) is 3. The van der Waals surface area contributed by atoms with Crippen LogP contribution in [-0.2, 0) is 6.42 Å². The Balaban J connectivity index is 1.89. The largest absolute Gasteiger partial charge is 0.492 e. The van der Waals surface area contributed by atoms with Gasteiger partial charge in [-0.1, -0.05) is 12.1 Å². The van der Waals surface area contributed by atoms with Gasteiger partial charge in [0.2, 0.25) is 5.89 Å². The van der Waals surface area contributed by atoms with Crippen LogP contribution in [0.3, 0.4) is 0 Å². The predicted molar refractivity (Wildman–Crippen MR) is 72.9 cm³/mol. The lowest BCUT2D eigenvalue weighted by molar-refractivity contribution is 0.177. The molecule has 0 saturated carbocycles. The van der Waals surface area contributed by atoms with Crippen molar-refractivity contribution in [1.82, 2.24) is 10.2 Å². The van der Waals surface area contributed by atoms with Crippen LogP contribution in [-0.4, -0.2) is 34.6 Å². The van der Waals surface area contributed by atoms with Crippen LogP contribution in [0.15, 0.2) is 33.5 Å². The van der Waals surface area contributed by atoms with Gasteiger partial charge in [0.15, 0.2) is 0 Å². The van der Waals surface area contributed by atoms with Gasteiger partial charge in [-0.3, -0.25) is 0 Å². The van der Waals surface area contributed by atoms with Crippen molar-refractivity contribution in [2.75, 3.05) is 18.5 Å². The number of anilines is 1. The molecule has 2 aromatic rings. The molecule has 0 aliphatic rings. The number of para-hydroxylation sites is 2. The number of rotatable bonds is 7. The smallest absolute Gasteiger partial charge is 0.434 e. The highest BCUT2D eigenvalue weighted by atomic mass is 16.5. The maximum atomic E-state index is 10.8. The number of aromatic amines is 1. The molecule has 108 valence electrons. The molecule has 20 heavy (non-hydrogen) atoms. The van der Waals surface area contributed by atoms with Gasteiger partial charge in [-0.2, -0.15) is 0 Å². The Morgan fingerprint density at radius 3 is 3.00 bits per heavy atom. The third kappa shape index (κ3) is 3.86. The van der Waals surface area contributed by atoms with Crippen LogP contribution in [0, 0.1) is 0 Å². The summed E-state index contributed by atoms with van der Waals surface area (Å²) < 4.78 is 10.2. The third-order valence-electron chi connectivity index (χ3n) is 2.61. The molecular weight excluding hydrogens is 262 g/mol. The van der Waals surface area contributed by atoms with Crippen molar-refractivity contribution in [2.24, 2.45) is 0 Å². The average Bonchev–Trinajstić information content (AvgIpc) is 2.83. The molecule has 1 aromatic heterocycles. The first-order valence-electron chi connectivity index (χ1n) is 6.37. The number of benzene rings is 1. The predicted octanol–water partition coefficient (Wildman–Crippen LogP) is 0.777. The van der Waals surface area contributed by atoms with Crippen LogP contribution in [0.25, 0.3) is 0 Å². The SMILES string of the molecule is CCOc1ccccc1NCC(O)Cc1n[nH]c(=O)o1. The first-order chi connectivity index (χ1) is 9.69. The first kappa shape index (κ1) is 14.1. The van der Waals surface area contributed by atoms with Crippen molar-refractivity contribution in [1.29, 1.82) is 0 Å². The van der Waals surface area contributed by atoms with E-state index in [1.807, 2.05) is 31.2 Å². The maximum absolute atomic E-state index is 10.8. The maximum Gasteiger partial charge on any atom is 0.434 e. The molecular formula is C13H17N3O4. The Hall–Kier alpha value is -2.28. The molecule has 7 heteroatoms. The molecule has 1 atom stereocenters. The summed E-state index contributed by atoms with van der Waals surface area (Å²) in [6, 6.07) is 7.48. The molecule has 1 heterocycles. The summed E-state index contributed by atoms with van der Waals surface area (Å²) in [7, 11) is 0. The second-order valence-corrected chi connectivity index (χ2v) is 4.17. The third-order valence-corrected chi connectivity index (χ3v) is 2.61. The van der Waals surface area contributed by atoms with E-state index in [0.717, 1.165) is 11.4 Å². The highest BCUT2D eigenvalue weighted by Gasteiger charge is 2.11. The van der Waals surface area contributed by atoms with Crippen LogP contribution in [0.2, 0.25) is 0 Å². The fraction of sp³-hybridized carbons (Fsp3) is 0.385. The van der Waals surface area contributed by atoms with Crippen molar-refractivity contribution in [3.8, 4) is 5.75 Å². The molecule has 0 radical (unpaired) electrons. The molecule has 0 amide bonds. The second-order valence-electron chi connectivity index (χ2n) is 4.17. The highest BCUT2D eigenvalue weighted by molar-refractivity contribution is 5.56. The molecule has 0 saturated heterocycles. The van der Waals surface area contributed by atoms with E-state index in [1.165, 1.54) is 0 Å². The Morgan fingerprint density at radius 2 is 2.30 bits per heavy atom. The van der Waals surface area contributed by atoms with E-state index in [-0.39, 0.29) is 12.3 Å². The molecule has 0 fully saturated rings. The quantitative estimate of drug-likeness (QED) is 0.692. The van der Waals surface area contributed by atoms with Crippen LogP contribution in [0.5, 0.6) is 5.75 Å². The Morgan fingerprint density at radius 1 is 1.50 bits per heavy atom. The zero-order valence-electron chi connectivity index (χ0n) is 11.1. The number of aromatic nitrogens is 2. The monoisotopic (exact) mass is 279 g/mol. The number of hydrogen-bond acceptors (Lipinski definition) is 6. The molecule has 3 N–H and O–H groups in total. The van der Waals surface area contributed by atoms with Gasteiger partial charge in [0, 0.05) is 6.54 Å². The van der Waals surface area contributed by atoms with Crippen LogP contribution >= 0.6 is 0 Å². The number of nitrogens with one attached hydrogen (secondary N) is 2. The molecule has 0 bridgehead atoms. The summed E-state index contributed by atoms with van der Waals surface area (Å²) in [5, 5.41) is 18.8. The normalized spacial score (nSPS) is 12.1. The van der Waals surface area contributed by atoms with E-state index < -0.39 is 11.9 Å². The van der Waals surface area contributed by atoms with Gasteiger partial charge in [-0.05, 0) is 19.1 Å². The van der Waals surface area contributed by atoms with Crippen molar-refractivity contribution in [3.63, 3.8) is 0 Å². The molecule has 0 aliphatic carbocycles. The number of ether oxygens (including phenoxy) is 1. The number of aliphatic hydroxyl groups is 1. The Labute approximate surface area is 115 Å². The lowest BCUT2D eigenvalue weighted by Crippen LogP contribution is -2.22. The van der Waals surface area contributed by atoms with E-state index in [4.69, 9.17) is 9.15 Å². The van der Waals surface area contributed by atoms with Crippen molar-refractivity contribution in [3.05, 3.63) is 40.7 Å². The molecule has 1 aromatic carbocycles. The van der Waals surface area contributed by atoms with E-state index in [2.05, 4.69) is 15.5 Å². The minimum atomic E-state index is -0.726. The van der Waals surface area contributed by atoms with Crippen molar-refractivity contribution in [2.45, 2.75) is 19.4 Å². The standard InChI is InChI=1S/C13H17N3O4/c1-2-19-11-6-4-3-5-10(11)14-8-9(17)7-12-15-16-13(18)20-12/h3-6,9,14,17H,2,7-8H2,1H3,(H,16,18). The van der Waals surface area contributed by atoms with Gasteiger partial charge >= 0.3 is 5.76 Å². The number of H-pyrrole nitrogens is 1. The van der Waals surface area contributed by atoms with Crippen molar-refractivity contribution < 1.29 is 14.3 Å². The fourth-order valence-corrected chi connectivity index (χ4v) is 1.74. The summed E-state index contributed by atoms with van der Waals surface area (Å²) in [4.78, 5) is 10.8. The second kappa shape index (κ2) is 6.76. The van der Waals surface area contributed by atoms with Crippen molar-refractivity contribution >= 4 is 5.69 Å². The minimum absolute atomic E-state index is 0.155. The topological polar surface area (TPSA) is 100 Å². The van der Waals surface area contributed by atoms with E-state index in [0.29, 0.717) is 13.2 Å². The van der Waals surface area contributed by atoms with Crippen LogP contribution in [0.1, 0.15) is 12.8 Å². The lowest BCUT2D eigenvalue weighted by Gasteiger charge is -2.14. The molecule has 1 unspecified atom stereocenters. The molecule has 2 rings (SSSR count). The lowest BCUT2D eigenvalue weighted by atomic mass is 10.2. The van der Waals surface area contributed by atoms with Gasteiger partial charge in [0.05, 0.1) is 24.8 Å². The summed E-state index contributed by atoms with van der Waals surface area (Å²) in [5.74, 6) is 0.290. The molecule has 7 nitrogen and oxygen atoms in total. The van der Waals surface area contributed by atoms with E-state index >= 15 is 0 Å². The summed E-state index contributed by atoms with van der Waals surface area (Å²) in [6.45, 7) is 2.77. The fourth-order valence-electron chi connectivity index (χ4n) is 1.74. The van der Waals surface area contributed by atoms with Gasteiger partial charge in [0.25, 0.3) is 0 Å². The van der Waals surface area contributed by atoms with Gasteiger partial charge < -0.3 is 19.6 Å².